The number of amides is 4. The van der Waals surface area contributed by atoms with Gasteiger partial charge >= 0.3 is 6.36 Å². The zero-order valence-corrected chi connectivity index (χ0v) is 20.8. The second-order valence-corrected chi connectivity index (χ2v) is 10.2. The topological polar surface area (TPSA) is 134 Å². The summed E-state index contributed by atoms with van der Waals surface area (Å²) in [6.45, 7) is -1.30. The molecule has 14 heteroatoms. The number of hydrogen-bond acceptors (Lipinski definition) is 6. The van der Waals surface area contributed by atoms with Gasteiger partial charge in [-0.05, 0) is 49.7 Å². The molecule has 1 aliphatic carbocycles. The predicted octanol–water partition coefficient (Wildman–Crippen LogP) is 1.05. The summed E-state index contributed by atoms with van der Waals surface area (Å²) in [5.41, 5.74) is -0.546. The molecule has 1 aromatic carbocycles. The largest absolute Gasteiger partial charge is 0.522 e. The number of carbonyl (C=O) groups excluding carboxylic acids is 5. The normalized spacial score (nSPS) is 22.4. The van der Waals surface area contributed by atoms with Crippen molar-refractivity contribution in [1.29, 1.82) is 0 Å². The summed E-state index contributed by atoms with van der Waals surface area (Å²) < 4.78 is 55.1. The molecule has 39 heavy (non-hydrogen) atoms. The van der Waals surface area contributed by atoms with Crippen molar-refractivity contribution < 1.29 is 46.3 Å². The highest BCUT2D eigenvalue weighted by Crippen LogP contribution is 2.54. The maximum absolute atomic E-state index is 13.9. The van der Waals surface area contributed by atoms with Crippen LogP contribution in [0.15, 0.2) is 24.3 Å². The molecular weight excluding hydrogens is 528 g/mol. The molecule has 1 aromatic rings. The fourth-order valence-electron chi connectivity index (χ4n) is 5.04. The lowest BCUT2D eigenvalue weighted by atomic mass is 9.95. The van der Waals surface area contributed by atoms with Crippen molar-refractivity contribution in [1.82, 2.24) is 20.9 Å². The maximum atomic E-state index is 13.9. The van der Waals surface area contributed by atoms with E-state index in [-0.39, 0.29) is 36.3 Å². The lowest BCUT2D eigenvalue weighted by Crippen LogP contribution is -2.53. The lowest BCUT2D eigenvalue weighted by Gasteiger charge is -2.27. The number of hydrogen-bond donors (Lipinski definition) is 3. The first-order valence-corrected chi connectivity index (χ1v) is 12.5. The van der Waals surface area contributed by atoms with Gasteiger partial charge in [-0.1, -0.05) is 12.1 Å². The summed E-state index contributed by atoms with van der Waals surface area (Å²) in [7, 11) is 0. The number of carbonyl (C=O) groups is 5. The van der Waals surface area contributed by atoms with Gasteiger partial charge in [-0.2, -0.15) is 0 Å². The SMILES string of the molecule is O=C(NCC(=O)N1CC2(CC2)C[C@H]1C(=O)N[C@@H](C[C@@H]1CCNC1=O)C(=O)COC(F)(F)F)c1ccccc1F. The zero-order valence-electron chi connectivity index (χ0n) is 20.8. The first-order valence-electron chi connectivity index (χ1n) is 12.5. The Hall–Kier alpha value is -3.55. The molecule has 2 aliphatic heterocycles. The molecule has 4 rings (SSSR count). The summed E-state index contributed by atoms with van der Waals surface area (Å²) in [5, 5.41) is 7.36. The standard InChI is InChI=1S/C25H28F4N4O6/c26-16-4-2-1-3-15(16)22(37)31-11-20(35)33-13-24(6-7-24)10-18(33)23(38)32-17(9-14-5-8-30-21(14)36)19(34)12-39-25(27,28)29/h1-4,14,17-18H,5-13H2,(H,30,36)(H,31,37)(H,32,38)/t14-,17-,18-/m0/s1. The van der Waals surface area contributed by atoms with Crippen molar-refractivity contribution in [3.63, 3.8) is 0 Å². The molecular formula is C25H28F4N4O6. The highest BCUT2D eigenvalue weighted by Gasteiger charge is 2.55. The van der Waals surface area contributed by atoms with Gasteiger partial charge in [-0.25, -0.2) is 4.39 Å². The van der Waals surface area contributed by atoms with Gasteiger partial charge < -0.3 is 20.9 Å². The Labute approximate surface area is 220 Å². The molecule has 3 atom stereocenters. The van der Waals surface area contributed by atoms with Gasteiger partial charge in [0.05, 0.1) is 18.2 Å². The third kappa shape index (κ3) is 7.11. The highest BCUT2D eigenvalue weighted by molar-refractivity contribution is 5.98. The summed E-state index contributed by atoms with van der Waals surface area (Å²) in [6, 6.07) is 2.74. The molecule has 0 bridgehead atoms. The van der Waals surface area contributed by atoms with Crippen molar-refractivity contribution in [2.45, 2.75) is 50.6 Å². The van der Waals surface area contributed by atoms with Crippen molar-refractivity contribution in [3.05, 3.63) is 35.6 Å². The molecule has 3 aliphatic rings. The second kappa shape index (κ2) is 11.3. The van der Waals surface area contributed by atoms with E-state index in [9.17, 15) is 41.5 Å². The van der Waals surface area contributed by atoms with Crippen LogP contribution >= 0.6 is 0 Å². The minimum atomic E-state index is -5.06. The van der Waals surface area contributed by atoms with Gasteiger partial charge in [0.25, 0.3) is 5.91 Å². The van der Waals surface area contributed by atoms with E-state index in [1.807, 2.05) is 0 Å². The molecule has 2 saturated heterocycles. The van der Waals surface area contributed by atoms with E-state index in [2.05, 4.69) is 20.7 Å². The van der Waals surface area contributed by atoms with E-state index in [0.717, 1.165) is 18.9 Å². The number of nitrogens with zero attached hydrogens (tertiary/aromatic N) is 1. The Morgan fingerprint density at radius 3 is 2.51 bits per heavy atom. The molecule has 3 fully saturated rings. The molecule has 4 amide bonds. The summed E-state index contributed by atoms with van der Waals surface area (Å²) in [4.78, 5) is 64.5. The van der Waals surface area contributed by atoms with E-state index in [1.54, 1.807) is 0 Å². The first-order chi connectivity index (χ1) is 18.4. The molecule has 3 N–H and O–H groups in total. The fourth-order valence-corrected chi connectivity index (χ4v) is 5.04. The number of nitrogens with one attached hydrogen (secondary N) is 3. The summed E-state index contributed by atoms with van der Waals surface area (Å²) in [5.74, 6) is -5.06. The van der Waals surface area contributed by atoms with Crippen LogP contribution in [0.1, 0.15) is 42.5 Å². The van der Waals surface area contributed by atoms with Crippen LogP contribution in [0.4, 0.5) is 17.6 Å². The molecule has 2 heterocycles. The smallest absolute Gasteiger partial charge is 0.356 e. The summed E-state index contributed by atoms with van der Waals surface area (Å²) in [6.07, 6.45) is -3.15. The predicted molar refractivity (Wildman–Crippen MR) is 125 cm³/mol. The van der Waals surface area contributed by atoms with Gasteiger partial charge in [0.15, 0.2) is 5.78 Å². The van der Waals surface area contributed by atoms with Crippen LogP contribution in [0.25, 0.3) is 0 Å². The van der Waals surface area contributed by atoms with Crippen LogP contribution in [0.3, 0.4) is 0 Å². The molecule has 0 unspecified atom stereocenters. The molecule has 1 spiro atoms. The maximum Gasteiger partial charge on any atom is 0.522 e. The van der Waals surface area contributed by atoms with Gasteiger partial charge in [-0.3, -0.25) is 28.7 Å². The van der Waals surface area contributed by atoms with Crippen LogP contribution in [-0.2, 0) is 23.9 Å². The third-order valence-electron chi connectivity index (χ3n) is 7.37. The Bertz CT molecular complexity index is 1160. The second-order valence-electron chi connectivity index (χ2n) is 10.2. The summed E-state index contributed by atoms with van der Waals surface area (Å²) >= 11 is 0. The zero-order chi connectivity index (χ0) is 28.4. The number of benzene rings is 1. The van der Waals surface area contributed by atoms with Crippen LogP contribution < -0.4 is 16.0 Å². The Balaban J connectivity index is 1.43. The average molecular weight is 557 g/mol. The Kier molecular flexibility index (Phi) is 8.23. The van der Waals surface area contributed by atoms with Gasteiger partial charge in [0, 0.05) is 19.0 Å². The number of ether oxygens (including phenoxy) is 1. The van der Waals surface area contributed by atoms with E-state index < -0.39 is 66.8 Å². The molecule has 0 radical (unpaired) electrons. The number of alkyl halides is 3. The number of ketones is 1. The first kappa shape index (κ1) is 28.5. The van der Waals surface area contributed by atoms with E-state index in [1.165, 1.54) is 23.1 Å². The van der Waals surface area contributed by atoms with E-state index >= 15 is 0 Å². The van der Waals surface area contributed by atoms with Gasteiger partial charge in [0.1, 0.15) is 18.5 Å². The molecule has 1 saturated carbocycles. The van der Waals surface area contributed by atoms with Crippen molar-refractivity contribution in [2.24, 2.45) is 11.3 Å². The van der Waals surface area contributed by atoms with E-state index in [4.69, 9.17) is 0 Å². The van der Waals surface area contributed by atoms with Gasteiger partial charge in [-0.15, -0.1) is 13.2 Å². The number of halogens is 4. The van der Waals surface area contributed by atoms with Crippen molar-refractivity contribution >= 4 is 29.4 Å². The van der Waals surface area contributed by atoms with Crippen LogP contribution in [0.5, 0.6) is 0 Å². The number of Topliss-reactive ketones (excluding diaryl/α,β-unsaturated/α-hetero) is 1. The minimum Gasteiger partial charge on any atom is -0.356 e. The highest BCUT2D eigenvalue weighted by atomic mass is 19.4. The quantitative estimate of drug-likeness (QED) is 0.369. The average Bonchev–Trinajstić information content (AvgIpc) is 3.34. The Morgan fingerprint density at radius 1 is 1.18 bits per heavy atom. The monoisotopic (exact) mass is 556 g/mol. The fraction of sp³-hybridized carbons (Fsp3) is 0.560. The van der Waals surface area contributed by atoms with Crippen molar-refractivity contribution in [3.8, 4) is 0 Å². The van der Waals surface area contributed by atoms with Crippen LogP contribution in [0.2, 0.25) is 0 Å². The molecule has 10 nitrogen and oxygen atoms in total. The molecule has 0 aromatic heterocycles. The lowest BCUT2D eigenvalue weighted by molar-refractivity contribution is -0.321. The van der Waals surface area contributed by atoms with Gasteiger partial charge in [0.2, 0.25) is 17.7 Å². The Morgan fingerprint density at radius 2 is 1.90 bits per heavy atom. The molecule has 212 valence electrons. The number of likely N-dealkylation sites (tertiary alicyclic amines) is 1. The van der Waals surface area contributed by atoms with E-state index in [0.29, 0.717) is 13.0 Å². The van der Waals surface area contributed by atoms with Crippen molar-refractivity contribution in [2.75, 3.05) is 26.2 Å². The van der Waals surface area contributed by atoms with Crippen LogP contribution in [-0.4, -0.2) is 79.0 Å². The third-order valence-corrected chi connectivity index (χ3v) is 7.37. The minimum absolute atomic E-state index is 0.220. The van der Waals surface area contributed by atoms with Crippen LogP contribution in [0, 0.1) is 17.2 Å². The number of rotatable bonds is 10.